The molecule has 0 bridgehead atoms. The van der Waals surface area contributed by atoms with E-state index in [1.807, 2.05) is 0 Å². The summed E-state index contributed by atoms with van der Waals surface area (Å²) in [5.74, 6) is -9.28. The molecule has 0 radical (unpaired) electrons. The molecule has 0 spiro atoms. The molecule has 1 aromatic rings. The normalized spacial score (nSPS) is 22.2. The quantitative estimate of drug-likeness (QED) is 0.0352. The molecular weight excluding hydrogens is 1100 g/mol. The van der Waals surface area contributed by atoms with E-state index in [2.05, 4.69) is 65.4 Å². The van der Waals surface area contributed by atoms with Gasteiger partial charge < -0.3 is 92.3 Å². The summed E-state index contributed by atoms with van der Waals surface area (Å²) in [6, 6.07) is -5.32. The van der Waals surface area contributed by atoms with E-state index in [0.29, 0.717) is 12.0 Å². The maximum Gasteiger partial charge on any atom is 0.245 e. The van der Waals surface area contributed by atoms with Gasteiger partial charge in [0.1, 0.15) is 60.4 Å². The average molecular weight is 1200 g/mol. The molecule has 11 amide bonds. The van der Waals surface area contributed by atoms with Gasteiger partial charge in [-0.2, -0.15) is 0 Å². The first-order chi connectivity index (χ1) is 39.0. The highest BCUT2D eigenvalue weighted by molar-refractivity contribution is 5.99. The smallest absolute Gasteiger partial charge is 0.245 e. The third kappa shape index (κ3) is 27.6. The van der Waals surface area contributed by atoms with E-state index in [0.717, 1.165) is 25.7 Å². The van der Waals surface area contributed by atoms with Crippen molar-refractivity contribution in [2.75, 3.05) is 39.3 Å². The number of hydrogen-bond donors (Lipinski definition) is 17. The van der Waals surface area contributed by atoms with E-state index in [1.165, 1.54) is 13.8 Å². The van der Waals surface area contributed by atoms with Crippen LogP contribution in [0.2, 0.25) is 0 Å². The van der Waals surface area contributed by atoms with Crippen molar-refractivity contribution in [2.45, 2.75) is 191 Å². The van der Waals surface area contributed by atoms with Crippen molar-refractivity contribution in [2.24, 2.45) is 34.6 Å². The summed E-state index contributed by atoms with van der Waals surface area (Å²) in [4.78, 5) is 153. The van der Waals surface area contributed by atoms with Crippen molar-refractivity contribution >= 4 is 77.4 Å². The lowest BCUT2D eigenvalue weighted by Gasteiger charge is -2.29. The van der Waals surface area contributed by atoms with Gasteiger partial charge in [0.2, 0.25) is 65.0 Å². The van der Waals surface area contributed by atoms with Gasteiger partial charge in [-0.15, -0.1) is 12.4 Å². The molecule has 1 aliphatic rings. The molecule has 11 atom stereocenters. The highest BCUT2D eigenvalue weighted by atomic mass is 35.5. The van der Waals surface area contributed by atoms with Gasteiger partial charge in [-0.05, 0) is 109 Å². The van der Waals surface area contributed by atoms with Gasteiger partial charge in [-0.1, -0.05) is 76.8 Å². The topological polar surface area (TPSA) is 470 Å². The van der Waals surface area contributed by atoms with E-state index < -0.39 is 132 Å². The molecule has 0 aliphatic carbocycles. The largest absolute Gasteiger partial charge is 0.391 e. The molecule has 1 fully saturated rings. The minimum atomic E-state index is -1.67. The van der Waals surface area contributed by atoms with E-state index >= 15 is 0 Å². The number of nitrogens with two attached hydrogens (primary N) is 5. The fourth-order valence-electron chi connectivity index (χ4n) is 8.79. The number of benzene rings is 1. The van der Waals surface area contributed by atoms with Gasteiger partial charge >= 0.3 is 0 Å². The summed E-state index contributed by atoms with van der Waals surface area (Å²) in [5.41, 5.74) is 29.9. The van der Waals surface area contributed by atoms with Crippen molar-refractivity contribution in [3.63, 3.8) is 0 Å². The maximum absolute atomic E-state index is 14.5. The molecule has 1 heterocycles. The Bertz CT molecular complexity index is 2230. The Hall–Kier alpha value is -6.56. The monoisotopic (exact) mass is 1190 g/mol. The van der Waals surface area contributed by atoms with E-state index in [1.54, 1.807) is 44.2 Å². The Balaban J connectivity index is 0.0000344. The van der Waals surface area contributed by atoms with Crippen LogP contribution in [0.3, 0.4) is 0 Å². The molecule has 1 aliphatic heterocycles. The predicted molar refractivity (Wildman–Crippen MR) is 313 cm³/mol. The zero-order valence-corrected chi connectivity index (χ0v) is 49.5. The van der Waals surface area contributed by atoms with Gasteiger partial charge in [-0.25, -0.2) is 0 Å². The first kappa shape index (κ1) is 74.5. The number of nitrogens with one attached hydrogen (secondary N) is 11. The molecular formula is C54H95ClN16O12. The molecule has 22 N–H and O–H groups in total. The fraction of sp³-hybridized carbons (Fsp3) is 0.685. The second kappa shape index (κ2) is 40.6. The fourth-order valence-corrected chi connectivity index (χ4v) is 8.79. The average Bonchev–Trinajstić information content (AvgIpc) is 3.48. The summed E-state index contributed by atoms with van der Waals surface area (Å²) < 4.78 is 0. The van der Waals surface area contributed by atoms with Crippen LogP contribution in [-0.4, -0.2) is 176 Å². The van der Waals surface area contributed by atoms with Crippen LogP contribution in [-0.2, 0) is 59.2 Å². The Morgan fingerprint density at radius 3 is 1.58 bits per heavy atom. The number of amides is 11. The third-order valence-electron chi connectivity index (χ3n) is 13.4. The van der Waals surface area contributed by atoms with Crippen LogP contribution in [0.25, 0.3) is 0 Å². The summed E-state index contributed by atoms with van der Waals surface area (Å²) in [6.45, 7) is 7.34. The van der Waals surface area contributed by atoms with Crippen LogP contribution < -0.4 is 87.2 Å². The number of halogens is 1. The zero-order chi connectivity index (χ0) is 61.3. The Labute approximate surface area is 492 Å². The molecule has 2 rings (SSSR count). The van der Waals surface area contributed by atoms with Crippen LogP contribution in [0.5, 0.6) is 0 Å². The van der Waals surface area contributed by atoms with Gasteiger partial charge in [0.25, 0.3) is 0 Å². The van der Waals surface area contributed by atoms with Crippen LogP contribution in [0.1, 0.15) is 124 Å². The number of aliphatic hydroxyl groups is 1. The van der Waals surface area contributed by atoms with Crippen LogP contribution in [0.15, 0.2) is 30.3 Å². The molecule has 1 saturated heterocycles. The van der Waals surface area contributed by atoms with Gasteiger partial charge in [-0.3, -0.25) is 52.7 Å². The number of carbonyl (C=O) groups excluding carboxylic acids is 11. The summed E-state index contributed by atoms with van der Waals surface area (Å²) >= 11 is 0. The standard InChI is InChI=1S/C54H94N16O12.ClH/c1-6-7-8-9-13-16-43(72)62-35(17-23-55)51(79)70-44(33(5)71)54(82)67-39(21-27-59)48(76)66-40-22-28-60-45(73)32(4)61-46(74)36(18-24-56)63-47(75)37(19-25-57)65-52(80)41(29-31(2)3)68-53(81)42(30-34-14-11-10-12-15-34)69-49(77)38(20-26-58)64-50(40)78;/h10-12,14-15,31-33,35-42,44,71H,6-9,13,16-30,55-59H2,1-5H3,(H,60,73)(H,61,74)(H,62,72)(H,63,75)(H,64,78)(H,65,80)(H,66,76)(H,67,82)(H,68,81)(H,69,77)(H,70,79);1H/t32-,33+,35-,36-,37-,38-,39-,40-,41-,42+,44-;/m0./s1. The minimum Gasteiger partial charge on any atom is -0.391 e. The van der Waals surface area contributed by atoms with Crippen molar-refractivity contribution < 1.29 is 57.8 Å². The Kier molecular flexibility index (Phi) is 36.4. The van der Waals surface area contributed by atoms with Crippen LogP contribution in [0.4, 0.5) is 0 Å². The number of hydrogen-bond acceptors (Lipinski definition) is 17. The van der Waals surface area contributed by atoms with E-state index in [-0.39, 0.29) is 115 Å². The second-order valence-electron chi connectivity index (χ2n) is 21.0. The molecule has 83 heavy (non-hydrogen) atoms. The minimum absolute atomic E-state index is 0. The first-order valence-corrected chi connectivity index (χ1v) is 28.6. The maximum atomic E-state index is 14.5. The zero-order valence-electron chi connectivity index (χ0n) is 48.7. The second-order valence-corrected chi connectivity index (χ2v) is 21.0. The molecule has 0 saturated carbocycles. The third-order valence-corrected chi connectivity index (χ3v) is 13.4. The Morgan fingerprint density at radius 2 is 1.06 bits per heavy atom. The van der Waals surface area contributed by atoms with Gasteiger partial charge in [0, 0.05) is 19.4 Å². The van der Waals surface area contributed by atoms with E-state index in [4.69, 9.17) is 28.7 Å². The van der Waals surface area contributed by atoms with Crippen molar-refractivity contribution in [1.82, 2.24) is 58.5 Å². The SMILES string of the molecule is CCCCCCCC(=O)N[C@@H](CCN)C(=O)N[C@H](C(=O)N[C@@H](CCN)C(=O)N[C@H]1CCNC(=O)[C@H](C)NC(=O)[C@H](CCN)NC(=O)[C@H](CCN)NC(=O)[C@H](CC(C)C)NC(=O)[C@@H](Cc2ccccc2)NC(=O)[C@H](CCN)NC1=O)[C@@H](C)O.Cl. The lowest BCUT2D eigenvalue weighted by atomic mass is 10.00. The Morgan fingerprint density at radius 1 is 0.578 bits per heavy atom. The van der Waals surface area contributed by atoms with E-state index in [9.17, 15) is 57.8 Å². The molecule has 29 heteroatoms. The number of rotatable bonds is 28. The number of unbranched alkanes of at least 4 members (excludes halogenated alkanes) is 4. The van der Waals surface area contributed by atoms with Crippen LogP contribution in [0, 0.1) is 5.92 Å². The molecule has 470 valence electrons. The lowest BCUT2D eigenvalue weighted by molar-refractivity contribution is -0.137. The predicted octanol–water partition coefficient (Wildman–Crippen LogP) is -4.43. The number of carbonyl (C=O) groups is 11. The summed E-state index contributed by atoms with van der Waals surface area (Å²) in [7, 11) is 0. The van der Waals surface area contributed by atoms with Crippen molar-refractivity contribution in [3.05, 3.63) is 35.9 Å². The molecule has 28 nitrogen and oxygen atoms in total. The molecule has 1 aromatic carbocycles. The van der Waals surface area contributed by atoms with Crippen molar-refractivity contribution in [1.29, 1.82) is 0 Å². The highest BCUT2D eigenvalue weighted by Gasteiger charge is 2.37. The van der Waals surface area contributed by atoms with Gasteiger partial charge in [0.15, 0.2) is 0 Å². The first-order valence-electron chi connectivity index (χ1n) is 28.6. The van der Waals surface area contributed by atoms with Gasteiger partial charge in [0.05, 0.1) is 6.10 Å². The number of aliphatic hydroxyl groups excluding tert-OH is 1. The highest BCUT2D eigenvalue weighted by Crippen LogP contribution is 2.12. The van der Waals surface area contributed by atoms with Crippen LogP contribution >= 0.6 is 12.4 Å². The van der Waals surface area contributed by atoms with Crippen molar-refractivity contribution in [3.8, 4) is 0 Å². The summed E-state index contributed by atoms with van der Waals surface area (Å²) in [6.07, 6.45) is 2.00. The summed E-state index contributed by atoms with van der Waals surface area (Å²) in [5, 5.41) is 39.2. The lowest BCUT2D eigenvalue weighted by Crippen LogP contribution is -2.62. The molecule has 0 unspecified atom stereocenters. The molecule has 0 aromatic heterocycles.